The van der Waals surface area contributed by atoms with Gasteiger partial charge >= 0.3 is 0 Å². The molecule has 89 valence electrons. The lowest BCUT2D eigenvalue weighted by Gasteiger charge is -2.02. The monoisotopic (exact) mass is 228 g/mol. The molecule has 0 bridgehead atoms. The summed E-state index contributed by atoms with van der Waals surface area (Å²) >= 11 is 0. The molecule has 17 heavy (non-hydrogen) atoms. The van der Waals surface area contributed by atoms with Gasteiger partial charge < -0.3 is 0 Å². The van der Waals surface area contributed by atoms with Crippen LogP contribution in [0.3, 0.4) is 0 Å². The Hall–Kier alpha value is -1.64. The van der Waals surface area contributed by atoms with E-state index in [1.165, 1.54) is 16.8 Å². The molecule has 0 aromatic carbocycles. The lowest BCUT2D eigenvalue weighted by molar-refractivity contribution is 0.730. The van der Waals surface area contributed by atoms with Gasteiger partial charge in [0, 0.05) is 25.1 Å². The van der Waals surface area contributed by atoms with Crippen LogP contribution in [0.2, 0.25) is 0 Å². The molecule has 0 saturated heterocycles. The lowest BCUT2D eigenvalue weighted by atomic mass is 10.0. The van der Waals surface area contributed by atoms with Crippen molar-refractivity contribution in [1.29, 1.82) is 0 Å². The second-order valence-electron chi connectivity index (χ2n) is 4.33. The van der Waals surface area contributed by atoms with E-state index in [0.29, 0.717) is 0 Å². The molecule has 2 aromatic rings. The van der Waals surface area contributed by atoms with Gasteiger partial charge in [-0.15, -0.1) is 0 Å². The minimum Gasteiger partial charge on any atom is -0.272 e. The van der Waals surface area contributed by atoms with Crippen LogP contribution >= 0.6 is 0 Å². The zero-order valence-corrected chi connectivity index (χ0v) is 10.6. The fourth-order valence-electron chi connectivity index (χ4n) is 2.01. The second kappa shape index (κ2) is 5.13. The number of aryl methyl sites for hydroxylation is 2. The van der Waals surface area contributed by atoms with Crippen molar-refractivity contribution in [3.8, 4) is 0 Å². The molecule has 1 radical (unpaired) electrons. The molecule has 0 aliphatic rings. The SMILES string of the molecule is Cc1nn(C)c(C)c1C[CH]Cc1cccnc1. The van der Waals surface area contributed by atoms with Crippen molar-refractivity contribution in [2.45, 2.75) is 26.7 Å². The predicted octanol–water partition coefficient (Wildman–Crippen LogP) is 2.42. The third-order valence-corrected chi connectivity index (χ3v) is 3.11. The Kier molecular flexibility index (Phi) is 3.57. The van der Waals surface area contributed by atoms with Crippen LogP contribution in [-0.2, 0) is 19.9 Å². The highest BCUT2D eigenvalue weighted by atomic mass is 15.3. The summed E-state index contributed by atoms with van der Waals surface area (Å²) in [5, 5.41) is 4.42. The minimum absolute atomic E-state index is 0.960. The smallest absolute Gasteiger partial charge is 0.0628 e. The molecule has 0 N–H and O–H groups in total. The summed E-state index contributed by atoms with van der Waals surface area (Å²) in [6, 6.07) is 4.08. The van der Waals surface area contributed by atoms with E-state index in [9.17, 15) is 0 Å². The van der Waals surface area contributed by atoms with E-state index in [0.717, 1.165) is 18.5 Å². The Balaban J connectivity index is 1.95. The quantitative estimate of drug-likeness (QED) is 0.804. The molecular weight excluding hydrogens is 210 g/mol. The van der Waals surface area contributed by atoms with Crippen LogP contribution in [0.25, 0.3) is 0 Å². The molecule has 0 saturated carbocycles. The number of hydrogen-bond acceptors (Lipinski definition) is 2. The average Bonchev–Trinajstić information content (AvgIpc) is 2.57. The fourth-order valence-corrected chi connectivity index (χ4v) is 2.01. The summed E-state index contributed by atoms with van der Waals surface area (Å²) in [4.78, 5) is 4.11. The van der Waals surface area contributed by atoms with E-state index in [4.69, 9.17) is 0 Å². The first-order chi connectivity index (χ1) is 8.18. The second-order valence-corrected chi connectivity index (χ2v) is 4.33. The van der Waals surface area contributed by atoms with Gasteiger partial charge in [-0.25, -0.2) is 0 Å². The third-order valence-electron chi connectivity index (χ3n) is 3.11. The van der Waals surface area contributed by atoms with E-state index < -0.39 is 0 Å². The zero-order valence-electron chi connectivity index (χ0n) is 10.6. The summed E-state index contributed by atoms with van der Waals surface area (Å²) in [5.41, 5.74) is 4.99. The molecule has 0 spiro atoms. The Morgan fingerprint density at radius 1 is 1.29 bits per heavy atom. The van der Waals surface area contributed by atoms with Crippen molar-refractivity contribution in [2.24, 2.45) is 7.05 Å². The number of hydrogen-bond donors (Lipinski definition) is 0. The van der Waals surface area contributed by atoms with Crippen LogP contribution < -0.4 is 0 Å². The van der Waals surface area contributed by atoms with Gasteiger partial charge in [0.1, 0.15) is 0 Å². The molecule has 2 heterocycles. The van der Waals surface area contributed by atoms with Gasteiger partial charge in [0.25, 0.3) is 0 Å². The fraction of sp³-hybridized carbons (Fsp3) is 0.357. The van der Waals surface area contributed by atoms with Gasteiger partial charge in [0.15, 0.2) is 0 Å². The molecule has 0 aliphatic carbocycles. The molecule has 2 aromatic heterocycles. The van der Waals surface area contributed by atoms with Crippen LogP contribution in [0.5, 0.6) is 0 Å². The Bertz CT molecular complexity index is 486. The normalized spacial score (nSPS) is 10.8. The standard InChI is InChI=1S/C14H18N3/c1-11-14(12(2)17(3)16-11)8-4-6-13-7-5-9-15-10-13/h4-5,7,9-10H,6,8H2,1-3H3. The predicted molar refractivity (Wildman–Crippen MR) is 68.6 cm³/mol. The largest absolute Gasteiger partial charge is 0.272 e. The van der Waals surface area contributed by atoms with Crippen LogP contribution in [0.1, 0.15) is 22.5 Å². The number of pyridine rings is 1. The van der Waals surface area contributed by atoms with E-state index >= 15 is 0 Å². The Morgan fingerprint density at radius 3 is 2.71 bits per heavy atom. The van der Waals surface area contributed by atoms with E-state index in [2.05, 4.69) is 36.4 Å². The molecule has 0 unspecified atom stereocenters. The van der Waals surface area contributed by atoms with Crippen molar-refractivity contribution in [1.82, 2.24) is 14.8 Å². The minimum atomic E-state index is 0.960. The maximum Gasteiger partial charge on any atom is 0.0628 e. The van der Waals surface area contributed by atoms with Crippen LogP contribution in [-0.4, -0.2) is 14.8 Å². The lowest BCUT2D eigenvalue weighted by Crippen LogP contribution is -1.96. The molecule has 0 atom stereocenters. The summed E-state index contributed by atoms with van der Waals surface area (Å²) < 4.78 is 1.95. The maximum atomic E-state index is 4.42. The van der Waals surface area contributed by atoms with Crippen molar-refractivity contribution < 1.29 is 0 Å². The van der Waals surface area contributed by atoms with Crippen molar-refractivity contribution >= 4 is 0 Å². The van der Waals surface area contributed by atoms with Crippen LogP contribution in [0, 0.1) is 20.3 Å². The molecule has 3 nitrogen and oxygen atoms in total. The topological polar surface area (TPSA) is 30.7 Å². The van der Waals surface area contributed by atoms with Crippen LogP contribution in [0.4, 0.5) is 0 Å². The zero-order chi connectivity index (χ0) is 12.3. The Labute approximate surface area is 103 Å². The molecule has 3 heteroatoms. The van der Waals surface area contributed by atoms with E-state index in [1.54, 1.807) is 6.20 Å². The summed E-state index contributed by atoms with van der Waals surface area (Å²) in [7, 11) is 1.99. The number of nitrogens with zero attached hydrogens (tertiary/aromatic N) is 3. The molecular formula is C14H18N3. The molecule has 0 amide bonds. The number of rotatable bonds is 4. The van der Waals surface area contributed by atoms with Crippen LogP contribution in [0.15, 0.2) is 24.5 Å². The van der Waals surface area contributed by atoms with Gasteiger partial charge in [0.2, 0.25) is 0 Å². The summed E-state index contributed by atoms with van der Waals surface area (Å²) in [5.74, 6) is 0. The highest BCUT2D eigenvalue weighted by Gasteiger charge is 2.08. The van der Waals surface area contributed by atoms with E-state index in [1.807, 2.05) is 24.0 Å². The molecule has 0 fully saturated rings. The van der Waals surface area contributed by atoms with Gasteiger partial charge in [-0.3, -0.25) is 9.67 Å². The summed E-state index contributed by atoms with van der Waals surface area (Å²) in [6.07, 6.45) is 7.94. The van der Waals surface area contributed by atoms with Crippen molar-refractivity contribution in [3.63, 3.8) is 0 Å². The highest BCUT2D eigenvalue weighted by molar-refractivity contribution is 5.26. The first-order valence-corrected chi connectivity index (χ1v) is 5.88. The Morgan fingerprint density at radius 2 is 2.12 bits per heavy atom. The molecule has 0 aliphatic heterocycles. The average molecular weight is 228 g/mol. The highest BCUT2D eigenvalue weighted by Crippen LogP contribution is 2.14. The van der Waals surface area contributed by atoms with Crippen molar-refractivity contribution in [2.75, 3.05) is 0 Å². The first kappa shape index (κ1) is 11.8. The molecule has 2 rings (SSSR count). The third kappa shape index (κ3) is 2.73. The first-order valence-electron chi connectivity index (χ1n) is 5.88. The van der Waals surface area contributed by atoms with Gasteiger partial charge in [-0.2, -0.15) is 5.10 Å². The van der Waals surface area contributed by atoms with Gasteiger partial charge in [0.05, 0.1) is 5.69 Å². The number of aromatic nitrogens is 3. The summed E-state index contributed by atoms with van der Waals surface area (Å²) in [6.45, 7) is 4.19. The van der Waals surface area contributed by atoms with E-state index in [-0.39, 0.29) is 0 Å². The van der Waals surface area contributed by atoms with Gasteiger partial charge in [-0.1, -0.05) is 6.07 Å². The maximum absolute atomic E-state index is 4.42. The van der Waals surface area contributed by atoms with Gasteiger partial charge in [-0.05, 0) is 50.3 Å². The van der Waals surface area contributed by atoms with Crippen molar-refractivity contribution in [3.05, 3.63) is 53.5 Å².